The Morgan fingerprint density at radius 3 is 2.65 bits per heavy atom. The molecule has 2 atom stereocenters. The summed E-state index contributed by atoms with van der Waals surface area (Å²) in [4.78, 5) is 11.8. The van der Waals surface area contributed by atoms with Gasteiger partial charge in [-0.3, -0.25) is 9.52 Å². The Bertz CT molecular complexity index is 355. The van der Waals surface area contributed by atoms with Gasteiger partial charge in [0, 0.05) is 6.04 Å². The quantitative estimate of drug-likeness (QED) is 0.673. The molecule has 0 aromatic carbocycles. The topological polar surface area (TPSA) is 84.5 Å². The van der Waals surface area contributed by atoms with Crippen LogP contribution in [-0.4, -0.2) is 45.9 Å². The summed E-state index contributed by atoms with van der Waals surface area (Å²) in [5, 5.41) is 3.11. The number of hydrogen-bond acceptors (Lipinski definition) is 5. The maximum atomic E-state index is 11.8. The third-order valence-electron chi connectivity index (χ3n) is 2.61. The molecule has 0 aromatic heterocycles. The van der Waals surface area contributed by atoms with Gasteiger partial charge in [-0.05, 0) is 13.0 Å². The lowest BCUT2D eigenvalue weighted by atomic mass is 10.0. The van der Waals surface area contributed by atoms with Crippen molar-refractivity contribution in [2.45, 2.75) is 26.3 Å². The van der Waals surface area contributed by atoms with Crippen molar-refractivity contribution in [1.29, 1.82) is 0 Å². The Morgan fingerprint density at radius 1 is 1.35 bits per heavy atom. The first kappa shape index (κ1) is 14.4. The largest absolute Gasteiger partial charge is 0.379 e. The van der Waals surface area contributed by atoms with Crippen molar-refractivity contribution in [3.63, 3.8) is 0 Å². The summed E-state index contributed by atoms with van der Waals surface area (Å²) >= 11 is 0. The zero-order chi connectivity index (χ0) is 12.9. The summed E-state index contributed by atoms with van der Waals surface area (Å²) in [6, 6.07) is -0.100. The number of sulfonamides is 1. The monoisotopic (exact) mass is 264 g/mol. The summed E-state index contributed by atoms with van der Waals surface area (Å²) in [5.74, 6) is -0.929. The third kappa shape index (κ3) is 4.25. The minimum absolute atomic E-state index is 0.0296. The molecule has 0 aliphatic carbocycles. The SMILES string of the molecule is CCCS(=O)(=O)NC(=O)C1COCC1NCC. The minimum Gasteiger partial charge on any atom is -0.379 e. The van der Waals surface area contributed by atoms with Gasteiger partial charge in [-0.15, -0.1) is 0 Å². The molecule has 0 saturated carbocycles. The summed E-state index contributed by atoms with van der Waals surface area (Å²) in [6.45, 7) is 5.12. The van der Waals surface area contributed by atoms with E-state index >= 15 is 0 Å². The van der Waals surface area contributed by atoms with Crippen molar-refractivity contribution in [1.82, 2.24) is 10.0 Å². The van der Waals surface area contributed by atoms with Gasteiger partial charge in [-0.2, -0.15) is 0 Å². The average Bonchev–Trinajstić information content (AvgIpc) is 2.65. The van der Waals surface area contributed by atoms with Crippen LogP contribution in [0.1, 0.15) is 20.3 Å². The van der Waals surface area contributed by atoms with Crippen LogP contribution in [-0.2, 0) is 19.6 Å². The predicted octanol–water partition coefficient (Wildman–Crippen LogP) is -0.533. The molecule has 0 aromatic rings. The van der Waals surface area contributed by atoms with E-state index in [-0.39, 0.29) is 18.4 Å². The lowest BCUT2D eigenvalue weighted by Gasteiger charge is -2.17. The van der Waals surface area contributed by atoms with Crippen LogP contribution in [0.15, 0.2) is 0 Å². The van der Waals surface area contributed by atoms with Crippen molar-refractivity contribution in [2.24, 2.45) is 5.92 Å². The van der Waals surface area contributed by atoms with Crippen LogP contribution < -0.4 is 10.0 Å². The fourth-order valence-corrected chi connectivity index (χ4v) is 2.92. The molecule has 1 aliphatic rings. The highest BCUT2D eigenvalue weighted by atomic mass is 32.2. The molecule has 1 aliphatic heterocycles. The van der Waals surface area contributed by atoms with E-state index in [2.05, 4.69) is 10.0 Å². The average molecular weight is 264 g/mol. The van der Waals surface area contributed by atoms with E-state index in [1.54, 1.807) is 6.92 Å². The molecule has 0 radical (unpaired) electrons. The van der Waals surface area contributed by atoms with Crippen LogP contribution in [0.3, 0.4) is 0 Å². The van der Waals surface area contributed by atoms with Crippen LogP contribution in [0.4, 0.5) is 0 Å². The van der Waals surface area contributed by atoms with Crippen LogP contribution in [0.25, 0.3) is 0 Å². The second-order valence-electron chi connectivity index (χ2n) is 4.09. The number of nitrogens with one attached hydrogen (secondary N) is 2. The first-order valence-corrected chi connectivity index (χ1v) is 7.50. The Labute approximate surface area is 102 Å². The van der Waals surface area contributed by atoms with E-state index in [1.807, 2.05) is 6.92 Å². The van der Waals surface area contributed by atoms with Crippen LogP contribution in [0.2, 0.25) is 0 Å². The van der Waals surface area contributed by atoms with Gasteiger partial charge in [0.1, 0.15) is 0 Å². The van der Waals surface area contributed by atoms with Crippen molar-refractivity contribution in [3.05, 3.63) is 0 Å². The molecule has 100 valence electrons. The van der Waals surface area contributed by atoms with Gasteiger partial charge in [-0.25, -0.2) is 8.42 Å². The molecule has 1 fully saturated rings. The van der Waals surface area contributed by atoms with Crippen LogP contribution in [0.5, 0.6) is 0 Å². The zero-order valence-corrected chi connectivity index (χ0v) is 11.0. The first-order valence-electron chi connectivity index (χ1n) is 5.85. The molecule has 17 heavy (non-hydrogen) atoms. The molecular weight excluding hydrogens is 244 g/mol. The fourth-order valence-electron chi connectivity index (χ4n) is 1.82. The van der Waals surface area contributed by atoms with Gasteiger partial charge < -0.3 is 10.1 Å². The molecule has 1 amide bonds. The lowest BCUT2D eigenvalue weighted by Crippen LogP contribution is -2.46. The van der Waals surface area contributed by atoms with E-state index in [0.29, 0.717) is 13.0 Å². The summed E-state index contributed by atoms with van der Waals surface area (Å²) < 4.78 is 30.2. The van der Waals surface area contributed by atoms with Gasteiger partial charge in [-0.1, -0.05) is 13.8 Å². The maximum absolute atomic E-state index is 11.8. The second kappa shape index (κ2) is 6.32. The highest BCUT2D eigenvalue weighted by Gasteiger charge is 2.34. The Kier molecular flexibility index (Phi) is 5.35. The van der Waals surface area contributed by atoms with Crippen molar-refractivity contribution < 1.29 is 17.9 Å². The van der Waals surface area contributed by atoms with E-state index in [1.165, 1.54) is 0 Å². The van der Waals surface area contributed by atoms with E-state index in [4.69, 9.17) is 4.74 Å². The molecule has 0 bridgehead atoms. The van der Waals surface area contributed by atoms with Crippen LogP contribution >= 0.6 is 0 Å². The number of carbonyl (C=O) groups is 1. The Morgan fingerprint density at radius 2 is 2.06 bits per heavy atom. The van der Waals surface area contributed by atoms with Crippen molar-refractivity contribution >= 4 is 15.9 Å². The van der Waals surface area contributed by atoms with E-state index < -0.39 is 21.8 Å². The molecule has 7 heteroatoms. The van der Waals surface area contributed by atoms with Gasteiger partial charge in [0.25, 0.3) is 0 Å². The number of carbonyl (C=O) groups excluding carboxylic acids is 1. The standard InChI is InChI=1S/C10H20N2O4S/c1-3-5-17(14,15)12-10(13)8-6-16-7-9(8)11-4-2/h8-9,11H,3-7H2,1-2H3,(H,12,13). The number of amides is 1. The normalized spacial score (nSPS) is 24.8. The minimum atomic E-state index is -3.49. The first-order chi connectivity index (χ1) is 8.00. The number of likely N-dealkylation sites (N-methyl/N-ethyl adjacent to an activating group) is 1. The number of ether oxygens (including phenoxy) is 1. The Balaban J connectivity index is 2.58. The zero-order valence-electron chi connectivity index (χ0n) is 10.2. The van der Waals surface area contributed by atoms with Crippen molar-refractivity contribution in [3.8, 4) is 0 Å². The van der Waals surface area contributed by atoms with Gasteiger partial charge in [0.15, 0.2) is 0 Å². The molecule has 0 spiro atoms. The molecule has 1 rings (SSSR count). The van der Waals surface area contributed by atoms with E-state index in [0.717, 1.165) is 6.54 Å². The predicted molar refractivity (Wildman–Crippen MR) is 64.0 cm³/mol. The molecular formula is C10H20N2O4S. The smallest absolute Gasteiger partial charge is 0.240 e. The third-order valence-corrected chi connectivity index (χ3v) is 4.07. The molecule has 2 N–H and O–H groups in total. The number of rotatable bonds is 6. The summed E-state index contributed by atoms with van der Waals surface area (Å²) in [7, 11) is -3.49. The van der Waals surface area contributed by atoms with Gasteiger partial charge >= 0.3 is 0 Å². The summed E-state index contributed by atoms with van der Waals surface area (Å²) in [6.07, 6.45) is 0.487. The fraction of sp³-hybridized carbons (Fsp3) is 0.900. The Hall–Kier alpha value is -0.660. The molecule has 6 nitrogen and oxygen atoms in total. The van der Waals surface area contributed by atoms with Crippen LogP contribution in [0, 0.1) is 5.92 Å². The molecule has 1 heterocycles. The van der Waals surface area contributed by atoms with Gasteiger partial charge in [0.2, 0.25) is 15.9 Å². The lowest BCUT2D eigenvalue weighted by molar-refractivity contribution is -0.123. The maximum Gasteiger partial charge on any atom is 0.240 e. The molecule has 1 saturated heterocycles. The van der Waals surface area contributed by atoms with Crippen molar-refractivity contribution in [2.75, 3.05) is 25.5 Å². The highest BCUT2D eigenvalue weighted by Crippen LogP contribution is 2.14. The molecule has 2 unspecified atom stereocenters. The van der Waals surface area contributed by atoms with Gasteiger partial charge in [0.05, 0.1) is 24.9 Å². The number of hydrogen-bond donors (Lipinski definition) is 2. The van der Waals surface area contributed by atoms with E-state index in [9.17, 15) is 13.2 Å². The second-order valence-corrected chi connectivity index (χ2v) is 5.94. The highest BCUT2D eigenvalue weighted by molar-refractivity contribution is 7.90. The summed E-state index contributed by atoms with van der Waals surface area (Å²) in [5.41, 5.74) is 0.